The summed E-state index contributed by atoms with van der Waals surface area (Å²) >= 11 is 1.52. The van der Waals surface area contributed by atoms with Crippen molar-refractivity contribution in [2.24, 2.45) is 5.92 Å². The minimum Gasteiger partial charge on any atom is -0.338 e. The van der Waals surface area contributed by atoms with Crippen LogP contribution >= 0.6 is 11.3 Å². The van der Waals surface area contributed by atoms with Gasteiger partial charge in [-0.3, -0.25) is 14.4 Å². The van der Waals surface area contributed by atoms with Crippen LogP contribution in [-0.2, 0) is 19.5 Å². The Morgan fingerprint density at radius 2 is 1.97 bits per heavy atom. The first-order valence-electron chi connectivity index (χ1n) is 12.2. The molecule has 0 saturated carbocycles. The highest BCUT2D eigenvalue weighted by atomic mass is 32.1. The molecule has 0 aliphatic carbocycles. The van der Waals surface area contributed by atoms with E-state index in [9.17, 15) is 9.18 Å². The number of hydrogen-bond donors (Lipinski definition) is 0. The molecule has 5 nitrogen and oxygen atoms in total. The van der Waals surface area contributed by atoms with Crippen LogP contribution in [0.15, 0.2) is 41.1 Å². The molecule has 1 saturated heterocycles. The number of halogens is 1. The molecule has 1 fully saturated rings. The van der Waals surface area contributed by atoms with Crippen LogP contribution in [0.3, 0.4) is 0 Å². The number of likely N-dealkylation sites (N-methyl/N-ethyl adjacent to an activating group) is 1. The lowest BCUT2D eigenvalue weighted by molar-refractivity contribution is 0.0583. The lowest BCUT2D eigenvalue weighted by Gasteiger charge is -2.40. The van der Waals surface area contributed by atoms with Crippen molar-refractivity contribution in [3.05, 3.63) is 75.0 Å². The fourth-order valence-corrected chi connectivity index (χ4v) is 5.87. The van der Waals surface area contributed by atoms with Crippen molar-refractivity contribution in [3.63, 3.8) is 0 Å². The molecule has 0 radical (unpaired) electrons. The zero-order valence-electron chi connectivity index (χ0n) is 20.6. The van der Waals surface area contributed by atoms with E-state index in [-0.39, 0.29) is 17.8 Å². The Kier molecular flexibility index (Phi) is 7.84. The van der Waals surface area contributed by atoms with E-state index in [1.165, 1.54) is 28.7 Å². The molecule has 0 spiro atoms. The van der Waals surface area contributed by atoms with Gasteiger partial charge in [-0.05, 0) is 82.1 Å². The molecule has 4 rings (SSSR count). The van der Waals surface area contributed by atoms with Crippen molar-refractivity contribution in [1.82, 2.24) is 19.6 Å². The fourth-order valence-electron chi connectivity index (χ4n) is 5.24. The van der Waals surface area contributed by atoms with E-state index < -0.39 is 0 Å². The molecule has 0 bridgehead atoms. The summed E-state index contributed by atoms with van der Waals surface area (Å²) in [5.74, 6) is 0.146. The van der Waals surface area contributed by atoms with Gasteiger partial charge in [0.15, 0.2) is 0 Å². The number of carbonyl (C=O) groups is 1. The largest absolute Gasteiger partial charge is 0.338 e. The molecule has 182 valence electrons. The van der Waals surface area contributed by atoms with Gasteiger partial charge in [0, 0.05) is 42.8 Å². The standard InChI is InChI=1S/C27H35FN4OS/c1-5-32-20(3)24(19(2)29-32)17-31-13-10-21(11-14-31)26(16-22-8-6-7-9-25(22)28)30(4)27(33)23-12-15-34-18-23/h6-9,12,15,18,21,26H,5,10-11,13-14,16-17H2,1-4H3/t26-/m1/s1. The number of likely N-dealkylation sites (tertiary alicyclic amines) is 1. The number of aryl methyl sites for hydroxylation is 2. The third-order valence-corrected chi connectivity index (χ3v) is 8.05. The van der Waals surface area contributed by atoms with Crippen LogP contribution in [0, 0.1) is 25.6 Å². The van der Waals surface area contributed by atoms with Gasteiger partial charge < -0.3 is 4.90 Å². The van der Waals surface area contributed by atoms with E-state index in [1.54, 1.807) is 6.07 Å². The third-order valence-electron chi connectivity index (χ3n) is 7.36. The molecule has 0 N–H and O–H groups in total. The molecule has 7 heteroatoms. The van der Waals surface area contributed by atoms with Gasteiger partial charge in [0.1, 0.15) is 5.82 Å². The Hall–Kier alpha value is -2.51. The SMILES string of the molecule is CCn1nc(C)c(CN2CCC([C@@H](Cc3ccccc3F)N(C)C(=O)c3ccsc3)CC2)c1C. The molecule has 3 heterocycles. The zero-order valence-corrected chi connectivity index (χ0v) is 21.4. The summed E-state index contributed by atoms with van der Waals surface area (Å²) in [6, 6.07) is 8.77. The Morgan fingerprint density at radius 1 is 1.24 bits per heavy atom. The number of amides is 1. The summed E-state index contributed by atoms with van der Waals surface area (Å²) < 4.78 is 16.6. The highest BCUT2D eigenvalue weighted by molar-refractivity contribution is 7.08. The maximum atomic E-state index is 14.5. The molecule has 0 unspecified atom stereocenters. The smallest absolute Gasteiger partial charge is 0.254 e. The monoisotopic (exact) mass is 482 g/mol. The summed E-state index contributed by atoms with van der Waals surface area (Å²) in [6.07, 6.45) is 2.51. The van der Waals surface area contributed by atoms with Crippen LogP contribution in [0.4, 0.5) is 4.39 Å². The van der Waals surface area contributed by atoms with Gasteiger partial charge in [-0.2, -0.15) is 16.4 Å². The second kappa shape index (κ2) is 10.8. The van der Waals surface area contributed by atoms with Gasteiger partial charge in [0.05, 0.1) is 11.3 Å². The summed E-state index contributed by atoms with van der Waals surface area (Å²) in [5.41, 5.74) is 5.08. The van der Waals surface area contributed by atoms with Crippen molar-refractivity contribution < 1.29 is 9.18 Å². The Bertz CT molecular complexity index is 1100. The molecule has 34 heavy (non-hydrogen) atoms. The van der Waals surface area contributed by atoms with Crippen molar-refractivity contribution in [2.45, 2.75) is 59.2 Å². The molecular formula is C27H35FN4OS. The molecule has 2 aromatic heterocycles. The second-order valence-electron chi connectivity index (χ2n) is 9.37. The number of aromatic nitrogens is 2. The van der Waals surface area contributed by atoms with E-state index in [0.717, 1.165) is 44.7 Å². The summed E-state index contributed by atoms with van der Waals surface area (Å²) in [4.78, 5) is 17.5. The van der Waals surface area contributed by atoms with Crippen LogP contribution in [-0.4, -0.2) is 51.7 Å². The van der Waals surface area contributed by atoms with E-state index >= 15 is 0 Å². The normalized spacial score (nSPS) is 16.0. The van der Waals surface area contributed by atoms with Crippen LogP contribution in [0.2, 0.25) is 0 Å². The fraction of sp³-hybridized carbons (Fsp3) is 0.481. The van der Waals surface area contributed by atoms with E-state index in [1.807, 2.05) is 40.9 Å². The average molecular weight is 483 g/mol. The number of piperidine rings is 1. The van der Waals surface area contributed by atoms with Gasteiger partial charge in [-0.25, -0.2) is 4.39 Å². The first kappa shape index (κ1) is 24.6. The van der Waals surface area contributed by atoms with E-state index in [0.29, 0.717) is 23.5 Å². The maximum absolute atomic E-state index is 14.5. The van der Waals surface area contributed by atoms with Gasteiger partial charge in [0.2, 0.25) is 0 Å². The van der Waals surface area contributed by atoms with Crippen molar-refractivity contribution in [1.29, 1.82) is 0 Å². The van der Waals surface area contributed by atoms with Gasteiger partial charge in [-0.1, -0.05) is 18.2 Å². The Balaban J connectivity index is 1.48. The molecule has 3 aromatic rings. The van der Waals surface area contributed by atoms with Crippen molar-refractivity contribution in [3.8, 4) is 0 Å². The first-order valence-corrected chi connectivity index (χ1v) is 13.1. The third kappa shape index (κ3) is 5.26. The topological polar surface area (TPSA) is 41.4 Å². The number of nitrogens with zero attached hydrogens (tertiary/aromatic N) is 4. The highest BCUT2D eigenvalue weighted by Gasteiger charge is 2.33. The molecule has 1 aliphatic heterocycles. The highest BCUT2D eigenvalue weighted by Crippen LogP contribution is 2.29. The summed E-state index contributed by atoms with van der Waals surface area (Å²) in [5, 5.41) is 8.49. The van der Waals surface area contributed by atoms with E-state index in [4.69, 9.17) is 0 Å². The molecule has 1 amide bonds. The lowest BCUT2D eigenvalue weighted by atomic mass is 9.84. The minimum absolute atomic E-state index is 0.0169. The van der Waals surface area contributed by atoms with Gasteiger partial charge in [-0.15, -0.1) is 0 Å². The van der Waals surface area contributed by atoms with Crippen LogP contribution < -0.4 is 0 Å². The summed E-state index contributed by atoms with van der Waals surface area (Å²) in [7, 11) is 1.88. The summed E-state index contributed by atoms with van der Waals surface area (Å²) in [6.45, 7) is 10.1. The minimum atomic E-state index is -0.194. The quantitative estimate of drug-likeness (QED) is 0.437. The van der Waals surface area contributed by atoms with Crippen LogP contribution in [0.25, 0.3) is 0 Å². The lowest BCUT2D eigenvalue weighted by Crippen LogP contribution is -2.47. The molecule has 1 aromatic carbocycles. The van der Waals surface area contributed by atoms with E-state index in [2.05, 4.69) is 35.5 Å². The van der Waals surface area contributed by atoms with Crippen LogP contribution in [0.5, 0.6) is 0 Å². The van der Waals surface area contributed by atoms with Crippen molar-refractivity contribution >= 4 is 17.2 Å². The predicted molar refractivity (Wildman–Crippen MR) is 136 cm³/mol. The Labute approximate surface area is 206 Å². The molecule has 1 atom stereocenters. The average Bonchev–Trinajstić information content (AvgIpc) is 3.48. The number of thiophene rings is 1. The van der Waals surface area contributed by atoms with Gasteiger partial charge in [0.25, 0.3) is 5.91 Å². The van der Waals surface area contributed by atoms with Crippen molar-refractivity contribution in [2.75, 3.05) is 20.1 Å². The molecular weight excluding hydrogens is 447 g/mol. The van der Waals surface area contributed by atoms with Crippen LogP contribution in [0.1, 0.15) is 52.6 Å². The number of carbonyl (C=O) groups excluding carboxylic acids is 1. The predicted octanol–water partition coefficient (Wildman–Crippen LogP) is 5.32. The number of rotatable bonds is 8. The zero-order chi connectivity index (χ0) is 24.2. The van der Waals surface area contributed by atoms with Gasteiger partial charge >= 0.3 is 0 Å². The second-order valence-corrected chi connectivity index (χ2v) is 10.1. The number of hydrogen-bond acceptors (Lipinski definition) is 4. The molecule has 1 aliphatic rings. The maximum Gasteiger partial charge on any atom is 0.254 e. The first-order chi connectivity index (χ1) is 16.4. The number of benzene rings is 1. The Morgan fingerprint density at radius 3 is 2.59 bits per heavy atom.